The van der Waals surface area contributed by atoms with Gasteiger partial charge in [0, 0.05) is 23.3 Å². The SMILES string of the molecule is CCN(Cc1cccs1)CC1(CBr)CC1. The van der Waals surface area contributed by atoms with Crippen molar-refractivity contribution in [1.29, 1.82) is 0 Å². The van der Waals surface area contributed by atoms with Crippen molar-refractivity contribution in [2.24, 2.45) is 5.41 Å². The summed E-state index contributed by atoms with van der Waals surface area (Å²) in [4.78, 5) is 4.06. The summed E-state index contributed by atoms with van der Waals surface area (Å²) in [6, 6.07) is 4.38. The van der Waals surface area contributed by atoms with Crippen LogP contribution in [0, 0.1) is 5.41 Å². The van der Waals surface area contributed by atoms with Crippen molar-refractivity contribution in [2.45, 2.75) is 26.3 Å². The van der Waals surface area contributed by atoms with Gasteiger partial charge >= 0.3 is 0 Å². The van der Waals surface area contributed by atoms with Crippen molar-refractivity contribution < 1.29 is 0 Å². The molecule has 1 aliphatic carbocycles. The lowest BCUT2D eigenvalue weighted by Crippen LogP contribution is -2.30. The Kier molecular flexibility index (Phi) is 3.86. The first-order valence-corrected chi connectivity index (χ1v) is 7.59. The number of alkyl halides is 1. The molecule has 1 aliphatic rings. The second-order valence-electron chi connectivity index (χ2n) is 4.52. The van der Waals surface area contributed by atoms with Gasteiger partial charge in [-0.3, -0.25) is 4.90 Å². The third-order valence-corrected chi connectivity index (χ3v) is 5.26. The smallest absolute Gasteiger partial charge is 0.0328 e. The Morgan fingerprint density at radius 2 is 2.33 bits per heavy atom. The Balaban J connectivity index is 1.88. The van der Waals surface area contributed by atoms with Gasteiger partial charge in [0.1, 0.15) is 0 Å². The van der Waals surface area contributed by atoms with Crippen LogP contribution in [-0.4, -0.2) is 23.3 Å². The summed E-state index contributed by atoms with van der Waals surface area (Å²) in [5.41, 5.74) is 0.604. The Hall–Kier alpha value is 0.140. The minimum absolute atomic E-state index is 0.604. The highest BCUT2D eigenvalue weighted by Crippen LogP contribution is 2.47. The fraction of sp³-hybridized carbons (Fsp3) is 0.667. The lowest BCUT2D eigenvalue weighted by molar-refractivity contribution is 0.235. The Labute approximate surface area is 105 Å². The summed E-state index contributed by atoms with van der Waals surface area (Å²) in [7, 11) is 0. The van der Waals surface area contributed by atoms with E-state index in [0.717, 1.165) is 13.1 Å². The van der Waals surface area contributed by atoms with E-state index in [2.05, 4.69) is 45.3 Å². The topological polar surface area (TPSA) is 3.24 Å². The van der Waals surface area contributed by atoms with Crippen LogP contribution in [0.2, 0.25) is 0 Å². The molecule has 3 heteroatoms. The van der Waals surface area contributed by atoms with E-state index in [1.54, 1.807) is 0 Å². The maximum Gasteiger partial charge on any atom is 0.0328 e. The maximum absolute atomic E-state index is 3.64. The van der Waals surface area contributed by atoms with Crippen LogP contribution in [0.4, 0.5) is 0 Å². The third-order valence-electron chi connectivity index (χ3n) is 3.21. The first-order chi connectivity index (χ1) is 7.28. The molecule has 1 saturated carbocycles. The van der Waals surface area contributed by atoms with Crippen LogP contribution in [-0.2, 0) is 6.54 Å². The molecule has 84 valence electrons. The highest BCUT2D eigenvalue weighted by molar-refractivity contribution is 9.09. The average molecular weight is 288 g/mol. The van der Waals surface area contributed by atoms with E-state index in [9.17, 15) is 0 Å². The second kappa shape index (κ2) is 4.98. The molecule has 2 rings (SSSR count). The summed E-state index contributed by atoms with van der Waals surface area (Å²) in [5, 5.41) is 3.33. The molecule has 0 aliphatic heterocycles. The molecule has 0 spiro atoms. The van der Waals surface area contributed by atoms with Gasteiger partial charge in [0.25, 0.3) is 0 Å². The first-order valence-electron chi connectivity index (χ1n) is 5.59. The van der Waals surface area contributed by atoms with E-state index in [4.69, 9.17) is 0 Å². The summed E-state index contributed by atoms with van der Waals surface area (Å²) in [5.74, 6) is 0. The average Bonchev–Trinajstić information content (AvgIpc) is 2.84. The van der Waals surface area contributed by atoms with Crippen LogP contribution >= 0.6 is 27.3 Å². The highest BCUT2D eigenvalue weighted by atomic mass is 79.9. The van der Waals surface area contributed by atoms with Crippen LogP contribution in [0.3, 0.4) is 0 Å². The van der Waals surface area contributed by atoms with E-state index < -0.39 is 0 Å². The molecule has 1 aromatic rings. The predicted octanol–water partition coefficient (Wildman–Crippen LogP) is 3.75. The molecule has 0 amide bonds. The maximum atomic E-state index is 3.64. The van der Waals surface area contributed by atoms with Gasteiger partial charge in [-0.25, -0.2) is 0 Å². The number of halogens is 1. The summed E-state index contributed by atoms with van der Waals surface area (Å²) >= 11 is 5.51. The normalized spacial score (nSPS) is 18.3. The highest BCUT2D eigenvalue weighted by Gasteiger charge is 2.42. The molecule has 0 aromatic carbocycles. The van der Waals surface area contributed by atoms with Gasteiger partial charge in [0.05, 0.1) is 0 Å². The number of nitrogens with zero attached hydrogens (tertiary/aromatic N) is 1. The Morgan fingerprint density at radius 3 is 2.80 bits per heavy atom. The molecule has 15 heavy (non-hydrogen) atoms. The van der Waals surface area contributed by atoms with Crippen molar-refractivity contribution in [1.82, 2.24) is 4.90 Å². The molecule has 0 N–H and O–H groups in total. The number of thiophene rings is 1. The van der Waals surface area contributed by atoms with Gasteiger partial charge < -0.3 is 0 Å². The van der Waals surface area contributed by atoms with Crippen LogP contribution in [0.25, 0.3) is 0 Å². The van der Waals surface area contributed by atoms with Crippen LogP contribution in [0.1, 0.15) is 24.6 Å². The van der Waals surface area contributed by atoms with Gasteiger partial charge in [-0.05, 0) is 36.2 Å². The second-order valence-corrected chi connectivity index (χ2v) is 6.11. The lowest BCUT2D eigenvalue weighted by Gasteiger charge is -2.24. The molecular weight excluding hydrogens is 270 g/mol. The zero-order valence-electron chi connectivity index (χ0n) is 9.21. The Bertz CT molecular complexity index is 293. The summed E-state index contributed by atoms with van der Waals surface area (Å²) in [6.07, 6.45) is 2.80. The zero-order chi connectivity index (χ0) is 10.7. The standard InChI is InChI=1S/C12H18BrNS/c1-2-14(8-11-4-3-7-15-11)10-12(9-13)5-6-12/h3-4,7H,2,5-6,8-10H2,1H3. The van der Waals surface area contributed by atoms with Crippen molar-refractivity contribution in [3.63, 3.8) is 0 Å². The van der Waals surface area contributed by atoms with Crippen molar-refractivity contribution in [3.05, 3.63) is 22.4 Å². The number of hydrogen-bond acceptors (Lipinski definition) is 2. The molecular formula is C12H18BrNS. The summed E-state index contributed by atoms with van der Waals surface area (Å²) < 4.78 is 0. The molecule has 1 aromatic heterocycles. The molecule has 1 nitrogen and oxygen atoms in total. The van der Waals surface area contributed by atoms with E-state index in [0.29, 0.717) is 5.41 Å². The Morgan fingerprint density at radius 1 is 1.53 bits per heavy atom. The molecule has 0 unspecified atom stereocenters. The quantitative estimate of drug-likeness (QED) is 0.721. The van der Waals surface area contributed by atoms with Crippen molar-refractivity contribution in [2.75, 3.05) is 18.4 Å². The largest absolute Gasteiger partial charge is 0.298 e. The minimum Gasteiger partial charge on any atom is -0.298 e. The number of rotatable bonds is 6. The van der Waals surface area contributed by atoms with Gasteiger partial charge in [-0.1, -0.05) is 28.9 Å². The van der Waals surface area contributed by atoms with E-state index in [-0.39, 0.29) is 0 Å². The minimum atomic E-state index is 0.604. The molecule has 0 bridgehead atoms. The van der Waals surface area contributed by atoms with Gasteiger partial charge in [-0.15, -0.1) is 11.3 Å². The van der Waals surface area contributed by atoms with E-state index in [1.807, 2.05) is 11.3 Å². The fourth-order valence-corrected chi connectivity index (χ4v) is 3.37. The first kappa shape index (κ1) is 11.6. The van der Waals surface area contributed by atoms with Crippen LogP contribution in [0.15, 0.2) is 17.5 Å². The monoisotopic (exact) mass is 287 g/mol. The van der Waals surface area contributed by atoms with Crippen LogP contribution in [0.5, 0.6) is 0 Å². The van der Waals surface area contributed by atoms with E-state index in [1.165, 1.54) is 29.6 Å². The van der Waals surface area contributed by atoms with Crippen molar-refractivity contribution in [3.8, 4) is 0 Å². The zero-order valence-corrected chi connectivity index (χ0v) is 11.6. The van der Waals surface area contributed by atoms with Crippen LogP contribution < -0.4 is 0 Å². The predicted molar refractivity (Wildman–Crippen MR) is 70.7 cm³/mol. The fourth-order valence-electron chi connectivity index (χ4n) is 1.89. The molecule has 0 atom stereocenters. The van der Waals surface area contributed by atoms with Gasteiger partial charge in [-0.2, -0.15) is 0 Å². The van der Waals surface area contributed by atoms with Gasteiger partial charge in [0.2, 0.25) is 0 Å². The van der Waals surface area contributed by atoms with Gasteiger partial charge in [0.15, 0.2) is 0 Å². The lowest BCUT2D eigenvalue weighted by atomic mass is 10.1. The third kappa shape index (κ3) is 3.05. The molecule has 0 radical (unpaired) electrons. The molecule has 1 fully saturated rings. The van der Waals surface area contributed by atoms with E-state index >= 15 is 0 Å². The van der Waals surface area contributed by atoms with Crippen molar-refractivity contribution >= 4 is 27.3 Å². The summed E-state index contributed by atoms with van der Waals surface area (Å²) in [6.45, 7) is 5.81. The molecule has 1 heterocycles. The molecule has 0 saturated heterocycles. The number of hydrogen-bond donors (Lipinski definition) is 0.